The maximum atomic E-state index is 12.2. The zero-order chi connectivity index (χ0) is 18.8. The maximum absolute atomic E-state index is 12.2. The minimum Gasteiger partial charge on any atom is -0.296 e. The van der Waals surface area contributed by atoms with Crippen LogP contribution < -0.4 is 5.32 Å². The molecule has 4 rings (SSSR count). The second-order valence-electron chi connectivity index (χ2n) is 6.13. The van der Waals surface area contributed by atoms with Gasteiger partial charge in [-0.1, -0.05) is 29.3 Å². The summed E-state index contributed by atoms with van der Waals surface area (Å²) < 4.78 is 0. The van der Waals surface area contributed by atoms with Gasteiger partial charge in [0.15, 0.2) is 5.13 Å². The largest absolute Gasteiger partial charge is 0.296 e. The van der Waals surface area contributed by atoms with Crippen molar-refractivity contribution in [2.24, 2.45) is 0 Å². The molecule has 138 valence electrons. The van der Waals surface area contributed by atoms with E-state index in [4.69, 9.17) is 23.2 Å². The molecule has 0 saturated carbocycles. The van der Waals surface area contributed by atoms with Crippen LogP contribution in [0.1, 0.15) is 26.6 Å². The lowest BCUT2D eigenvalue weighted by molar-refractivity contribution is 0.102. The molecule has 1 aliphatic rings. The summed E-state index contributed by atoms with van der Waals surface area (Å²) in [5, 5.41) is 4.70. The van der Waals surface area contributed by atoms with Crippen LogP contribution in [0.2, 0.25) is 10.0 Å². The number of rotatable bonds is 4. The summed E-state index contributed by atoms with van der Waals surface area (Å²) in [6.07, 6.45) is 5.28. The highest BCUT2D eigenvalue weighted by molar-refractivity contribution is 7.15. The van der Waals surface area contributed by atoms with E-state index in [1.54, 1.807) is 6.07 Å². The number of aromatic nitrogens is 3. The Morgan fingerprint density at radius 1 is 1.30 bits per heavy atom. The molecule has 0 aliphatic carbocycles. The molecule has 0 saturated heterocycles. The van der Waals surface area contributed by atoms with Gasteiger partial charge in [0.1, 0.15) is 5.69 Å². The van der Waals surface area contributed by atoms with Crippen molar-refractivity contribution in [1.82, 2.24) is 19.9 Å². The standard InChI is InChI=1S/C18H15Cl2N5OS/c19-12-2-1-11(13(20)7-12)9-25-6-3-14-16(10-25)27-18(23-14)24-17(26)15-8-21-4-5-22-15/h1-2,4-5,7-8H,3,6,9-10H2,(H,23,24,26). The number of benzene rings is 1. The molecule has 1 aliphatic heterocycles. The summed E-state index contributed by atoms with van der Waals surface area (Å²) in [6, 6.07) is 5.57. The predicted molar refractivity (Wildman–Crippen MR) is 106 cm³/mol. The van der Waals surface area contributed by atoms with E-state index in [2.05, 4.69) is 25.2 Å². The summed E-state index contributed by atoms with van der Waals surface area (Å²) in [5.74, 6) is -0.306. The lowest BCUT2D eigenvalue weighted by Crippen LogP contribution is -2.29. The van der Waals surface area contributed by atoms with Gasteiger partial charge in [0.05, 0.1) is 11.9 Å². The van der Waals surface area contributed by atoms with Gasteiger partial charge >= 0.3 is 0 Å². The number of anilines is 1. The fourth-order valence-corrected chi connectivity index (χ4v) is 4.42. The van der Waals surface area contributed by atoms with Crippen LogP contribution >= 0.6 is 34.5 Å². The number of halogens is 2. The van der Waals surface area contributed by atoms with Gasteiger partial charge in [0, 0.05) is 53.4 Å². The van der Waals surface area contributed by atoms with E-state index in [0.717, 1.165) is 42.2 Å². The SMILES string of the molecule is O=C(Nc1nc2c(s1)CN(Cc1ccc(Cl)cc1Cl)CC2)c1cnccn1. The summed E-state index contributed by atoms with van der Waals surface area (Å²) in [5.41, 5.74) is 2.35. The third kappa shape index (κ3) is 4.27. The van der Waals surface area contributed by atoms with Crippen molar-refractivity contribution in [3.8, 4) is 0 Å². The van der Waals surface area contributed by atoms with Crippen LogP contribution in [0.15, 0.2) is 36.8 Å². The highest BCUT2D eigenvalue weighted by Gasteiger charge is 2.22. The van der Waals surface area contributed by atoms with Crippen molar-refractivity contribution in [3.05, 3.63) is 68.7 Å². The molecule has 3 heterocycles. The molecule has 0 bridgehead atoms. The molecule has 1 aromatic carbocycles. The first-order valence-corrected chi connectivity index (χ1v) is 9.88. The van der Waals surface area contributed by atoms with Crippen molar-refractivity contribution >= 4 is 45.6 Å². The number of fused-ring (bicyclic) bond motifs is 1. The molecule has 0 spiro atoms. The summed E-state index contributed by atoms with van der Waals surface area (Å²) in [6.45, 7) is 2.40. The number of carbonyl (C=O) groups is 1. The molecule has 6 nitrogen and oxygen atoms in total. The first-order valence-electron chi connectivity index (χ1n) is 8.31. The van der Waals surface area contributed by atoms with Crippen LogP contribution in [0.3, 0.4) is 0 Å². The Kier molecular flexibility index (Phi) is 5.36. The van der Waals surface area contributed by atoms with Crippen molar-refractivity contribution in [1.29, 1.82) is 0 Å². The Bertz CT molecular complexity index is 979. The average molecular weight is 420 g/mol. The minimum absolute atomic E-state index is 0.268. The number of hydrogen-bond acceptors (Lipinski definition) is 6. The van der Waals surface area contributed by atoms with E-state index in [-0.39, 0.29) is 11.6 Å². The highest BCUT2D eigenvalue weighted by atomic mass is 35.5. The van der Waals surface area contributed by atoms with E-state index in [9.17, 15) is 4.79 Å². The molecule has 0 radical (unpaired) electrons. The normalized spacial score (nSPS) is 14.0. The van der Waals surface area contributed by atoms with E-state index >= 15 is 0 Å². The fourth-order valence-electron chi connectivity index (χ4n) is 2.91. The molecule has 1 amide bonds. The molecular weight excluding hydrogens is 405 g/mol. The van der Waals surface area contributed by atoms with Crippen LogP contribution in [-0.4, -0.2) is 32.3 Å². The highest BCUT2D eigenvalue weighted by Crippen LogP contribution is 2.30. The van der Waals surface area contributed by atoms with Crippen LogP contribution in [0.4, 0.5) is 5.13 Å². The monoisotopic (exact) mass is 419 g/mol. The van der Waals surface area contributed by atoms with Crippen LogP contribution in [0, 0.1) is 0 Å². The molecule has 9 heteroatoms. The number of nitrogens with zero attached hydrogens (tertiary/aromatic N) is 4. The van der Waals surface area contributed by atoms with Crippen LogP contribution in [-0.2, 0) is 19.5 Å². The summed E-state index contributed by atoms with van der Waals surface area (Å²) in [7, 11) is 0. The van der Waals surface area contributed by atoms with Gasteiger partial charge in [-0.25, -0.2) is 9.97 Å². The lowest BCUT2D eigenvalue weighted by Gasteiger charge is -2.26. The van der Waals surface area contributed by atoms with Crippen LogP contribution in [0.25, 0.3) is 0 Å². The summed E-state index contributed by atoms with van der Waals surface area (Å²) in [4.78, 5) is 28.1. The molecular formula is C18H15Cl2N5OS. The molecule has 2 aromatic heterocycles. The van der Waals surface area contributed by atoms with E-state index in [1.165, 1.54) is 29.9 Å². The maximum Gasteiger partial charge on any atom is 0.277 e. The van der Waals surface area contributed by atoms with Gasteiger partial charge in [-0.15, -0.1) is 11.3 Å². The average Bonchev–Trinajstić information content (AvgIpc) is 3.06. The quantitative estimate of drug-likeness (QED) is 0.690. The van der Waals surface area contributed by atoms with E-state index in [0.29, 0.717) is 15.2 Å². The van der Waals surface area contributed by atoms with Gasteiger partial charge < -0.3 is 0 Å². The van der Waals surface area contributed by atoms with Gasteiger partial charge in [0.25, 0.3) is 5.91 Å². The van der Waals surface area contributed by atoms with Crippen molar-refractivity contribution < 1.29 is 4.79 Å². The molecule has 0 atom stereocenters. The van der Waals surface area contributed by atoms with Gasteiger partial charge in [-0.3, -0.25) is 20.0 Å². The van der Waals surface area contributed by atoms with Crippen molar-refractivity contribution in [2.45, 2.75) is 19.5 Å². The Hall–Kier alpha value is -2.06. The number of amides is 1. The van der Waals surface area contributed by atoms with E-state index < -0.39 is 0 Å². The van der Waals surface area contributed by atoms with Crippen LogP contribution in [0.5, 0.6) is 0 Å². The molecule has 0 fully saturated rings. The third-order valence-corrected chi connectivity index (χ3v) is 5.82. The molecule has 1 N–H and O–H groups in total. The minimum atomic E-state index is -0.306. The zero-order valence-electron chi connectivity index (χ0n) is 14.2. The Morgan fingerprint density at radius 2 is 2.19 bits per heavy atom. The smallest absolute Gasteiger partial charge is 0.277 e. The second-order valence-corrected chi connectivity index (χ2v) is 8.06. The Labute approximate surface area is 170 Å². The molecule has 27 heavy (non-hydrogen) atoms. The lowest BCUT2D eigenvalue weighted by atomic mass is 10.1. The Balaban J connectivity index is 1.43. The molecule has 0 unspecified atom stereocenters. The second kappa shape index (κ2) is 7.90. The van der Waals surface area contributed by atoms with Gasteiger partial charge in [-0.05, 0) is 17.7 Å². The summed E-state index contributed by atoms with van der Waals surface area (Å²) >= 11 is 13.7. The molecule has 3 aromatic rings. The van der Waals surface area contributed by atoms with Crippen molar-refractivity contribution in [2.75, 3.05) is 11.9 Å². The Morgan fingerprint density at radius 3 is 2.96 bits per heavy atom. The van der Waals surface area contributed by atoms with E-state index in [1.807, 2.05) is 12.1 Å². The first-order chi connectivity index (χ1) is 13.1. The topological polar surface area (TPSA) is 71.0 Å². The number of carbonyl (C=O) groups excluding carboxylic acids is 1. The van der Waals surface area contributed by atoms with Crippen molar-refractivity contribution in [3.63, 3.8) is 0 Å². The fraction of sp³-hybridized carbons (Fsp3) is 0.222. The number of thiazole rings is 1. The number of hydrogen-bond donors (Lipinski definition) is 1. The van der Waals surface area contributed by atoms with Gasteiger partial charge in [-0.2, -0.15) is 0 Å². The first kappa shape index (κ1) is 18.3. The predicted octanol–water partition coefficient (Wildman–Crippen LogP) is 4.05. The van der Waals surface area contributed by atoms with Gasteiger partial charge in [0.2, 0.25) is 0 Å². The third-order valence-electron chi connectivity index (χ3n) is 4.24. The zero-order valence-corrected chi connectivity index (χ0v) is 16.5. The number of nitrogens with one attached hydrogen (secondary N) is 1.